The number of hydrogen-bond donors (Lipinski definition) is 8. The maximum Gasteiger partial charge on any atom is 0.326 e. The molecular formula is C31H35N7O9Tc+4. The van der Waals surface area contributed by atoms with Crippen LogP contribution in [0, 0.1) is 0 Å². The molecule has 3 unspecified atom stereocenters. The Labute approximate surface area is 285 Å². The number of aliphatic carboxylic acids is 3. The van der Waals surface area contributed by atoms with E-state index >= 15 is 0 Å². The summed E-state index contributed by atoms with van der Waals surface area (Å²) in [6.07, 6.45) is 1.21. The third kappa shape index (κ3) is 12.1. The van der Waals surface area contributed by atoms with Crippen LogP contribution in [0.15, 0.2) is 64.5 Å². The molecule has 3 rings (SSSR count). The number of anilines is 1. The SMILES string of the molecule is O=C(O)CCC(NC(=O)NC(CCCCNC(=O)C(Cc1ccc2ccccc2c1)NC(=O)c1ccc(N[N]=[Tc+4])nc1)C(=O)O)C(=O)O. The van der Waals surface area contributed by atoms with Gasteiger partial charge in [-0.3, -0.25) is 4.79 Å². The van der Waals surface area contributed by atoms with E-state index in [2.05, 4.69) is 35.4 Å². The molecule has 0 fully saturated rings. The summed E-state index contributed by atoms with van der Waals surface area (Å²) in [4.78, 5) is 76.5. The number of nitrogens with zero attached hydrogens (tertiary/aromatic N) is 2. The third-order valence-electron chi connectivity index (χ3n) is 7.13. The number of fused-ring (bicyclic) bond motifs is 1. The Balaban J connectivity index is 1.58. The summed E-state index contributed by atoms with van der Waals surface area (Å²) in [6, 6.07) is 11.7. The van der Waals surface area contributed by atoms with Crippen molar-refractivity contribution in [3.63, 3.8) is 0 Å². The van der Waals surface area contributed by atoms with Gasteiger partial charge in [0, 0.05) is 6.42 Å². The van der Waals surface area contributed by atoms with E-state index < -0.39 is 60.3 Å². The predicted octanol–water partition coefficient (Wildman–Crippen LogP) is 1.99. The van der Waals surface area contributed by atoms with Crippen LogP contribution in [0.1, 0.15) is 48.0 Å². The monoisotopic (exact) mass is 746 g/mol. The molecule has 0 saturated carbocycles. The Kier molecular flexibility index (Phi) is 14.5. The van der Waals surface area contributed by atoms with Crippen molar-refractivity contribution in [2.24, 2.45) is 3.72 Å². The average Bonchev–Trinajstić information content (AvgIpc) is 3.05. The van der Waals surface area contributed by atoms with Crippen LogP contribution in [0.3, 0.4) is 0 Å². The number of amides is 4. The van der Waals surface area contributed by atoms with E-state index in [0.717, 1.165) is 16.3 Å². The normalized spacial score (nSPS) is 12.5. The minimum Gasteiger partial charge on any atom is -0.480 e. The minimum atomic E-state index is -1.52. The van der Waals surface area contributed by atoms with Gasteiger partial charge in [0.1, 0.15) is 12.1 Å². The van der Waals surface area contributed by atoms with Crippen molar-refractivity contribution in [1.82, 2.24) is 26.3 Å². The minimum absolute atomic E-state index is 0.0363. The first-order valence-electron chi connectivity index (χ1n) is 14.8. The molecule has 1 heterocycles. The van der Waals surface area contributed by atoms with Crippen molar-refractivity contribution in [2.45, 2.75) is 56.7 Å². The second-order valence-electron chi connectivity index (χ2n) is 10.7. The van der Waals surface area contributed by atoms with E-state index in [-0.39, 0.29) is 37.8 Å². The number of unbranched alkanes of at least 4 members (excludes halogenated alkanes) is 1. The van der Waals surface area contributed by atoms with Crippen molar-refractivity contribution in [1.29, 1.82) is 0 Å². The Hall–Kier alpha value is -5.28. The molecule has 4 amide bonds. The van der Waals surface area contributed by atoms with E-state index in [1.165, 1.54) is 6.20 Å². The number of carboxylic acids is 3. The van der Waals surface area contributed by atoms with Gasteiger partial charge in [-0.2, -0.15) is 0 Å². The standard InChI is InChI=1S/C31H35N7O9.Tc/c32-38-25-12-10-21(17-34-25)27(41)35-24(16-18-8-9-19-5-1-2-6-20(19)15-18)28(42)33-14-4-3-7-22(29(43)44)36-31(47)37-23(30(45)46)11-13-26(39)40;/h1-2,5-6,8-10,12,15,17,22-24H,3-4,7,11,13-14,16H2,(H,33,42)(H,34,38)(H,35,41)(H,39,40)(H,43,44)(H,45,46)(H2,36,37,47);/q;+4. The van der Waals surface area contributed by atoms with E-state index in [4.69, 9.17) is 5.11 Å². The fourth-order valence-corrected chi connectivity index (χ4v) is 4.85. The van der Waals surface area contributed by atoms with Gasteiger partial charge >= 0.3 is 155 Å². The number of aromatic nitrogens is 1. The van der Waals surface area contributed by atoms with E-state index in [0.29, 0.717) is 12.2 Å². The molecular weight excluding hydrogens is 712 g/mol. The van der Waals surface area contributed by atoms with E-state index in [1.54, 1.807) is 30.8 Å². The van der Waals surface area contributed by atoms with Gasteiger partial charge in [-0.05, 0) is 36.5 Å². The summed E-state index contributed by atoms with van der Waals surface area (Å²) in [5.41, 5.74) is 3.72. The van der Waals surface area contributed by atoms with Gasteiger partial charge in [0.2, 0.25) is 0 Å². The van der Waals surface area contributed by atoms with E-state index in [9.17, 15) is 39.0 Å². The summed E-state index contributed by atoms with van der Waals surface area (Å²) in [5, 5.41) is 39.3. The largest absolute Gasteiger partial charge is 0.480 e. The van der Waals surface area contributed by atoms with Crippen LogP contribution in [-0.2, 0) is 44.3 Å². The first kappa shape index (κ1) is 37.2. The number of benzene rings is 2. The first-order valence-corrected chi connectivity index (χ1v) is 15.6. The zero-order valence-electron chi connectivity index (χ0n) is 25.5. The average molecular weight is 748 g/mol. The van der Waals surface area contributed by atoms with Crippen molar-refractivity contribution in [2.75, 3.05) is 12.0 Å². The predicted molar refractivity (Wildman–Crippen MR) is 167 cm³/mol. The van der Waals surface area contributed by atoms with Crippen LogP contribution in [-0.4, -0.2) is 80.7 Å². The molecule has 48 heavy (non-hydrogen) atoms. The quantitative estimate of drug-likeness (QED) is 0.0651. The summed E-state index contributed by atoms with van der Waals surface area (Å²) >= 11 is 1.76. The van der Waals surface area contributed by atoms with Crippen LogP contribution in [0.5, 0.6) is 0 Å². The Morgan fingerprint density at radius 3 is 2.10 bits per heavy atom. The zero-order valence-corrected chi connectivity index (χ0v) is 27.4. The van der Waals surface area contributed by atoms with Gasteiger partial charge in [-0.15, -0.1) is 0 Å². The maximum absolute atomic E-state index is 13.3. The van der Waals surface area contributed by atoms with Gasteiger partial charge in [-0.25, -0.2) is 14.4 Å². The molecule has 8 N–H and O–H groups in total. The van der Waals surface area contributed by atoms with Crippen LogP contribution >= 0.6 is 0 Å². The number of carbonyl (C=O) groups is 6. The van der Waals surface area contributed by atoms with Gasteiger partial charge in [0.15, 0.2) is 0 Å². The summed E-state index contributed by atoms with van der Waals surface area (Å²) in [7, 11) is 0. The Bertz CT molecular complexity index is 1640. The van der Waals surface area contributed by atoms with Crippen molar-refractivity contribution in [3.8, 4) is 0 Å². The number of nitrogens with one attached hydrogen (secondary N) is 5. The van der Waals surface area contributed by atoms with Crippen LogP contribution < -0.4 is 26.7 Å². The molecule has 1 aromatic heterocycles. The van der Waals surface area contributed by atoms with Crippen LogP contribution in [0.2, 0.25) is 0 Å². The number of hydrogen-bond acceptors (Lipinski definition) is 9. The van der Waals surface area contributed by atoms with Gasteiger partial charge in [0.25, 0.3) is 0 Å². The zero-order chi connectivity index (χ0) is 35.1. The van der Waals surface area contributed by atoms with Crippen LogP contribution in [0.25, 0.3) is 10.8 Å². The molecule has 0 aliphatic heterocycles. The molecule has 3 aromatic rings. The fraction of sp³-hybridized carbons (Fsp3) is 0.323. The van der Waals surface area contributed by atoms with Gasteiger partial charge < -0.3 is 26.0 Å². The summed E-state index contributed by atoms with van der Waals surface area (Å²) < 4.78 is 3.74. The fourth-order valence-electron chi connectivity index (χ4n) is 4.64. The molecule has 251 valence electrons. The first-order chi connectivity index (χ1) is 23.0. The number of urea groups is 1. The topological polar surface area (TPSA) is 249 Å². The molecule has 0 spiro atoms. The second-order valence-corrected chi connectivity index (χ2v) is 11.1. The molecule has 3 atom stereocenters. The number of carboxylic acid groups (broad SMARTS) is 3. The number of carbonyl (C=O) groups excluding carboxylic acids is 3. The van der Waals surface area contributed by atoms with E-state index in [1.807, 2.05) is 42.5 Å². The molecule has 0 bridgehead atoms. The summed E-state index contributed by atoms with van der Waals surface area (Å²) in [5.74, 6) is -4.59. The Morgan fingerprint density at radius 2 is 1.48 bits per heavy atom. The summed E-state index contributed by atoms with van der Waals surface area (Å²) in [6.45, 7) is 0.138. The molecule has 0 radical (unpaired) electrons. The number of rotatable bonds is 19. The number of pyridine rings is 1. The van der Waals surface area contributed by atoms with Crippen LogP contribution in [0.4, 0.5) is 10.6 Å². The second kappa shape index (κ2) is 18.8. The molecule has 16 nitrogen and oxygen atoms in total. The Morgan fingerprint density at radius 1 is 0.792 bits per heavy atom. The molecule has 17 heteroatoms. The molecule has 2 aromatic carbocycles. The third-order valence-corrected chi connectivity index (χ3v) is 7.34. The molecule has 0 aliphatic rings. The van der Waals surface area contributed by atoms with Crippen molar-refractivity contribution in [3.05, 3.63) is 71.9 Å². The van der Waals surface area contributed by atoms with Crippen molar-refractivity contribution >= 4 is 52.3 Å². The van der Waals surface area contributed by atoms with Gasteiger partial charge in [-0.1, -0.05) is 30.3 Å². The smallest absolute Gasteiger partial charge is 0.326 e. The maximum atomic E-state index is 13.3. The molecule has 0 aliphatic carbocycles. The molecule has 0 saturated heterocycles. The van der Waals surface area contributed by atoms with Crippen molar-refractivity contribution < 1.29 is 62.8 Å². The van der Waals surface area contributed by atoms with Gasteiger partial charge in [0.05, 0.1) is 0 Å².